The van der Waals surface area contributed by atoms with E-state index < -0.39 is 16.0 Å². The van der Waals surface area contributed by atoms with Crippen molar-refractivity contribution in [2.45, 2.75) is 4.90 Å². The number of nitrogens with one attached hydrogen (secondary N) is 1. The summed E-state index contributed by atoms with van der Waals surface area (Å²) < 4.78 is 44.4. The lowest BCUT2D eigenvalue weighted by Gasteiger charge is -2.10. The third-order valence-corrected chi connectivity index (χ3v) is 3.71. The molecule has 0 aliphatic rings. The number of anilines is 1. The van der Waals surface area contributed by atoms with Crippen LogP contribution >= 0.6 is 0 Å². The average Bonchev–Trinajstić information content (AvgIpc) is 2.38. The fourth-order valence-electron chi connectivity index (χ4n) is 1.50. The number of hydrogen-bond donors (Lipinski definition) is 1. The smallest absolute Gasteiger partial charge is 0.266 e. The molecule has 1 N–H and O–H groups in total. The summed E-state index contributed by atoms with van der Waals surface area (Å²) in [6.07, 6.45) is 0. The monoisotopic (exact) mass is 282 g/mol. The van der Waals surface area contributed by atoms with Gasteiger partial charge in [-0.15, -0.1) is 0 Å². The van der Waals surface area contributed by atoms with Crippen LogP contribution < -0.4 is 9.46 Å². The van der Waals surface area contributed by atoms with Gasteiger partial charge in [0.1, 0.15) is 16.5 Å². The summed E-state index contributed by atoms with van der Waals surface area (Å²) in [7, 11) is -2.51. The third kappa shape index (κ3) is 3.00. The molecule has 0 atom stereocenters. The number of pyridine rings is 1. The standard InChI is InChI=1S/C12H11FN2O3S/c1-18-9-5-2-3-6-10(9)19(16,17)15-12-8-4-7-11(13)14-12/h2-8H,1H3,(H,14,15). The van der Waals surface area contributed by atoms with Gasteiger partial charge in [-0.1, -0.05) is 18.2 Å². The molecule has 1 aromatic heterocycles. The predicted molar refractivity (Wildman–Crippen MR) is 68.0 cm³/mol. The molecule has 5 nitrogen and oxygen atoms in total. The number of ether oxygens (including phenoxy) is 1. The highest BCUT2D eigenvalue weighted by Crippen LogP contribution is 2.24. The molecule has 2 rings (SSSR count). The van der Waals surface area contributed by atoms with Crippen molar-refractivity contribution >= 4 is 15.8 Å². The van der Waals surface area contributed by atoms with Crippen molar-refractivity contribution < 1.29 is 17.5 Å². The summed E-state index contributed by atoms with van der Waals surface area (Å²) in [6.45, 7) is 0. The third-order valence-electron chi connectivity index (χ3n) is 2.31. The quantitative estimate of drug-likeness (QED) is 0.871. The summed E-state index contributed by atoms with van der Waals surface area (Å²) in [6, 6.07) is 9.97. The number of aromatic nitrogens is 1. The lowest BCUT2D eigenvalue weighted by Crippen LogP contribution is -2.15. The fourth-order valence-corrected chi connectivity index (χ4v) is 2.67. The summed E-state index contributed by atoms with van der Waals surface area (Å²) in [5, 5.41) is 0. The van der Waals surface area contributed by atoms with Crippen LogP contribution in [0.15, 0.2) is 47.4 Å². The van der Waals surface area contributed by atoms with Gasteiger partial charge >= 0.3 is 0 Å². The molecule has 0 unspecified atom stereocenters. The van der Waals surface area contributed by atoms with E-state index in [2.05, 4.69) is 9.71 Å². The first-order valence-electron chi connectivity index (χ1n) is 5.31. The molecular formula is C12H11FN2O3S. The van der Waals surface area contributed by atoms with E-state index in [4.69, 9.17) is 4.74 Å². The molecule has 0 amide bonds. The second kappa shape index (κ2) is 5.23. The minimum absolute atomic E-state index is 0.0384. The Balaban J connectivity index is 2.38. The summed E-state index contributed by atoms with van der Waals surface area (Å²) in [5.74, 6) is -0.655. The minimum Gasteiger partial charge on any atom is -0.495 e. The van der Waals surface area contributed by atoms with Gasteiger partial charge in [-0.3, -0.25) is 4.72 Å². The van der Waals surface area contributed by atoms with Gasteiger partial charge in [0.2, 0.25) is 5.95 Å². The molecule has 7 heteroatoms. The molecular weight excluding hydrogens is 271 g/mol. The maximum absolute atomic E-state index is 12.9. The SMILES string of the molecule is COc1ccccc1S(=O)(=O)Nc1cccc(F)n1. The van der Waals surface area contributed by atoms with Crippen LogP contribution in [0.3, 0.4) is 0 Å². The summed E-state index contributed by atoms with van der Waals surface area (Å²) in [4.78, 5) is 3.40. The molecule has 1 aromatic carbocycles. The van der Waals surface area contributed by atoms with E-state index in [0.717, 1.165) is 6.07 Å². The Morgan fingerprint density at radius 1 is 1.16 bits per heavy atom. The highest BCUT2D eigenvalue weighted by molar-refractivity contribution is 7.92. The van der Waals surface area contributed by atoms with Crippen molar-refractivity contribution in [2.75, 3.05) is 11.8 Å². The van der Waals surface area contributed by atoms with E-state index in [1.165, 1.54) is 31.4 Å². The zero-order chi connectivity index (χ0) is 13.9. The van der Waals surface area contributed by atoms with Gasteiger partial charge in [0.25, 0.3) is 10.0 Å². The average molecular weight is 282 g/mol. The summed E-state index contributed by atoms with van der Waals surface area (Å²) in [5.41, 5.74) is 0. The Morgan fingerprint density at radius 3 is 2.58 bits per heavy atom. The maximum atomic E-state index is 12.9. The van der Waals surface area contributed by atoms with Crippen LogP contribution in [0.5, 0.6) is 5.75 Å². The molecule has 0 radical (unpaired) electrons. The lowest BCUT2D eigenvalue weighted by atomic mass is 10.3. The largest absolute Gasteiger partial charge is 0.495 e. The number of methoxy groups -OCH3 is 1. The number of rotatable bonds is 4. The molecule has 0 saturated carbocycles. The molecule has 0 spiro atoms. The zero-order valence-corrected chi connectivity index (χ0v) is 10.8. The van der Waals surface area contributed by atoms with Gasteiger partial charge in [-0.2, -0.15) is 4.39 Å². The van der Waals surface area contributed by atoms with Crippen LogP contribution in [0.1, 0.15) is 0 Å². The number of nitrogens with zero attached hydrogens (tertiary/aromatic N) is 1. The van der Waals surface area contributed by atoms with E-state index >= 15 is 0 Å². The second-order valence-electron chi connectivity index (χ2n) is 3.60. The van der Waals surface area contributed by atoms with Crippen molar-refractivity contribution in [3.05, 3.63) is 48.4 Å². The fraction of sp³-hybridized carbons (Fsp3) is 0.0833. The molecule has 0 saturated heterocycles. The Morgan fingerprint density at radius 2 is 1.89 bits per heavy atom. The Hall–Kier alpha value is -2.15. The predicted octanol–water partition coefficient (Wildman–Crippen LogP) is 2.03. The molecule has 100 valence electrons. The van der Waals surface area contributed by atoms with Crippen molar-refractivity contribution in [2.24, 2.45) is 0 Å². The first-order chi connectivity index (χ1) is 9.03. The van der Waals surface area contributed by atoms with Crippen LogP contribution in [0.4, 0.5) is 10.2 Å². The van der Waals surface area contributed by atoms with Crippen molar-refractivity contribution in [1.29, 1.82) is 0 Å². The summed E-state index contributed by atoms with van der Waals surface area (Å²) >= 11 is 0. The van der Waals surface area contributed by atoms with Gasteiger partial charge in [-0.25, -0.2) is 13.4 Å². The number of halogens is 1. The van der Waals surface area contributed by atoms with Gasteiger partial charge in [0.05, 0.1) is 7.11 Å². The first-order valence-corrected chi connectivity index (χ1v) is 6.79. The molecule has 0 aliphatic carbocycles. The van der Waals surface area contributed by atoms with E-state index in [9.17, 15) is 12.8 Å². The lowest BCUT2D eigenvalue weighted by molar-refractivity contribution is 0.403. The van der Waals surface area contributed by atoms with Crippen LogP contribution in [-0.4, -0.2) is 20.5 Å². The van der Waals surface area contributed by atoms with Crippen LogP contribution in [0, 0.1) is 5.95 Å². The van der Waals surface area contributed by atoms with Crippen molar-refractivity contribution in [3.63, 3.8) is 0 Å². The Bertz CT molecular complexity index is 689. The molecule has 2 aromatic rings. The van der Waals surface area contributed by atoms with Crippen molar-refractivity contribution in [1.82, 2.24) is 4.98 Å². The van der Waals surface area contributed by atoms with Gasteiger partial charge < -0.3 is 4.74 Å². The van der Waals surface area contributed by atoms with Crippen LogP contribution in [-0.2, 0) is 10.0 Å². The number of hydrogen-bond acceptors (Lipinski definition) is 4. The second-order valence-corrected chi connectivity index (χ2v) is 5.25. The van der Waals surface area contributed by atoms with Gasteiger partial charge in [0, 0.05) is 0 Å². The molecule has 0 bridgehead atoms. The molecule has 0 fully saturated rings. The number of benzene rings is 1. The topological polar surface area (TPSA) is 68.3 Å². The Kier molecular flexibility index (Phi) is 3.66. The van der Waals surface area contributed by atoms with Crippen molar-refractivity contribution in [3.8, 4) is 5.75 Å². The Labute approximate surface area is 110 Å². The van der Waals surface area contributed by atoms with Crippen LogP contribution in [0.2, 0.25) is 0 Å². The molecule has 19 heavy (non-hydrogen) atoms. The van der Waals surface area contributed by atoms with Gasteiger partial charge in [0.15, 0.2) is 0 Å². The minimum atomic E-state index is -3.88. The molecule has 0 aliphatic heterocycles. The number of sulfonamides is 1. The first kappa shape index (κ1) is 13.3. The zero-order valence-electron chi connectivity index (χ0n) is 10.00. The highest BCUT2D eigenvalue weighted by atomic mass is 32.2. The molecule has 1 heterocycles. The maximum Gasteiger partial charge on any atom is 0.266 e. The highest BCUT2D eigenvalue weighted by Gasteiger charge is 2.19. The van der Waals surface area contributed by atoms with Gasteiger partial charge in [-0.05, 0) is 24.3 Å². The van der Waals surface area contributed by atoms with E-state index in [0.29, 0.717) is 0 Å². The normalized spacial score (nSPS) is 11.1. The van der Waals surface area contributed by atoms with E-state index in [1.807, 2.05) is 0 Å². The van der Waals surface area contributed by atoms with Crippen LogP contribution in [0.25, 0.3) is 0 Å². The van der Waals surface area contributed by atoms with E-state index in [1.54, 1.807) is 12.1 Å². The van der Waals surface area contributed by atoms with E-state index in [-0.39, 0.29) is 16.5 Å². The number of para-hydroxylation sites is 1.